The van der Waals surface area contributed by atoms with Crippen LogP contribution in [-0.2, 0) is 0 Å². The maximum Gasteiger partial charge on any atom is 0.255 e. The Morgan fingerprint density at radius 3 is 2.48 bits per heavy atom. The van der Waals surface area contributed by atoms with Crippen LogP contribution in [-0.4, -0.2) is 15.7 Å². The lowest BCUT2D eigenvalue weighted by Gasteiger charge is -2.07. The second-order valence-corrected chi connectivity index (χ2v) is 4.84. The number of nitrogens with one attached hydrogen (secondary N) is 1. The number of benzene rings is 2. The molecule has 0 atom stereocenters. The number of amides is 1. The number of para-hydroxylation sites is 1. The fourth-order valence-corrected chi connectivity index (χ4v) is 2.13. The highest BCUT2D eigenvalue weighted by Gasteiger charge is 2.08. The monoisotopic (exact) mass is 297 g/mol. The predicted molar refractivity (Wildman–Crippen MR) is 83.0 cm³/mol. The lowest BCUT2D eigenvalue weighted by atomic mass is 10.2. The van der Waals surface area contributed by atoms with Crippen LogP contribution < -0.4 is 5.32 Å². The van der Waals surface area contributed by atoms with Gasteiger partial charge in [-0.05, 0) is 42.5 Å². The zero-order chi connectivity index (χ0) is 14.7. The second kappa shape index (κ2) is 5.81. The third kappa shape index (κ3) is 2.95. The Balaban J connectivity index is 1.78. The summed E-state index contributed by atoms with van der Waals surface area (Å²) in [6, 6.07) is 16.2. The van der Waals surface area contributed by atoms with Gasteiger partial charge in [0.05, 0.1) is 16.4 Å². The molecule has 0 aliphatic carbocycles. The van der Waals surface area contributed by atoms with Gasteiger partial charge in [-0.25, -0.2) is 4.68 Å². The summed E-state index contributed by atoms with van der Waals surface area (Å²) >= 11 is 6.02. The van der Waals surface area contributed by atoms with Crippen molar-refractivity contribution < 1.29 is 4.79 Å². The molecule has 0 unspecified atom stereocenters. The first-order chi connectivity index (χ1) is 10.2. The van der Waals surface area contributed by atoms with Crippen molar-refractivity contribution in [1.82, 2.24) is 9.78 Å². The molecule has 0 spiro atoms. The smallest absolute Gasteiger partial charge is 0.255 e. The summed E-state index contributed by atoms with van der Waals surface area (Å²) in [5, 5.41) is 7.44. The Morgan fingerprint density at radius 1 is 1.05 bits per heavy atom. The summed E-state index contributed by atoms with van der Waals surface area (Å²) in [6.07, 6.45) is 3.55. The van der Waals surface area contributed by atoms with E-state index in [9.17, 15) is 4.79 Å². The summed E-state index contributed by atoms with van der Waals surface area (Å²) in [7, 11) is 0. The molecule has 104 valence electrons. The van der Waals surface area contributed by atoms with Crippen LogP contribution in [0.15, 0.2) is 67.0 Å². The van der Waals surface area contributed by atoms with Gasteiger partial charge in [-0.15, -0.1) is 0 Å². The third-order valence-electron chi connectivity index (χ3n) is 3.02. The molecular weight excluding hydrogens is 286 g/mol. The molecule has 3 aromatic rings. The van der Waals surface area contributed by atoms with E-state index >= 15 is 0 Å². The fourth-order valence-electron chi connectivity index (χ4n) is 1.94. The highest BCUT2D eigenvalue weighted by molar-refractivity contribution is 6.33. The number of hydrogen-bond acceptors (Lipinski definition) is 2. The molecule has 0 bridgehead atoms. The quantitative estimate of drug-likeness (QED) is 0.800. The van der Waals surface area contributed by atoms with Crippen molar-refractivity contribution in [3.05, 3.63) is 77.6 Å². The SMILES string of the molecule is O=C(Nc1ccccc1Cl)c1ccc(-n2cccn2)cc1. The van der Waals surface area contributed by atoms with E-state index in [0.717, 1.165) is 5.69 Å². The molecule has 4 nitrogen and oxygen atoms in total. The minimum Gasteiger partial charge on any atom is -0.321 e. The maximum atomic E-state index is 12.2. The van der Waals surface area contributed by atoms with Crippen LogP contribution in [0.4, 0.5) is 5.69 Å². The number of carbonyl (C=O) groups excluding carboxylic acids is 1. The molecule has 1 aromatic heterocycles. The summed E-state index contributed by atoms with van der Waals surface area (Å²) < 4.78 is 1.73. The number of nitrogens with zero attached hydrogens (tertiary/aromatic N) is 2. The van der Waals surface area contributed by atoms with E-state index in [2.05, 4.69) is 10.4 Å². The molecule has 21 heavy (non-hydrogen) atoms. The Morgan fingerprint density at radius 2 is 1.81 bits per heavy atom. The summed E-state index contributed by atoms with van der Waals surface area (Å²) in [4.78, 5) is 12.2. The number of halogens is 1. The lowest BCUT2D eigenvalue weighted by molar-refractivity contribution is 0.102. The zero-order valence-electron chi connectivity index (χ0n) is 11.0. The molecule has 2 aromatic carbocycles. The number of aromatic nitrogens is 2. The van der Waals surface area contributed by atoms with Crippen LogP contribution in [0.1, 0.15) is 10.4 Å². The van der Waals surface area contributed by atoms with Crippen molar-refractivity contribution >= 4 is 23.2 Å². The molecule has 3 rings (SSSR count). The van der Waals surface area contributed by atoms with Gasteiger partial charge in [-0.1, -0.05) is 23.7 Å². The average Bonchev–Trinajstić information content (AvgIpc) is 3.04. The minimum atomic E-state index is -0.199. The highest BCUT2D eigenvalue weighted by Crippen LogP contribution is 2.21. The largest absolute Gasteiger partial charge is 0.321 e. The first-order valence-electron chi connectivity index (χ1n) is 6.40. The molecule has 0 aliphatic heterocycles. The van der Waals surface area contributed by atoms with Gasteiger partial charge >= 0.3 is 0 Å². The molecule has 0 saturated heterocycles. The van der Waals surface area contributed by atoms with E-state index < -0.39 is 0 Å². The van der Waals surface area contributed by atoms with Gasteiger partial charge in [0.25, 0.3) is 5.91 Å². The molecule has 0 radical (unpaired) electrons. The van der Waals surface area contributed by atoms with Crippen LogP contribution >= 0.6 is 11.6 Å². The van der Waals surface area contributed by atoms with Crippen LogP contribution in [0.25, 0.3) is 5.69 Å². The van der Waals surface area contributed by atoms with Crippen molar-refractivity contribution in [2.75, 3.05) is 5.32 Å². The Bertz CT molecular complexity index is 751. The minimum absolute atomic E-state index is 0.199. The first-order valence-corrected chi connectivity index (χ1v) is 6.78. The summed E-state index contributed by atoms with van der Waals surface area (Å²) in [6.45, 7) is 0. The van der Waals surface area contributed by atoms with Gasteiger partial charge in [-0.3, -0.25) is 4.79 Å². The van der Waals surface area contributed by atoms with Crippen molar-refractivity contribution in [2.45, 2.75) is 0 Å². The Kier molecular flexibility index (Phi) is 3.71. The number of anilines is 1. The van der Waals surface area contributed by atoms with Crippen LogP contribution in [0, 0.1) is 0 Å². The molecule has 0 aliphatic rings. The topological polar surface area (TPSA) is 46.9 Å². The number of carbonyl (C=O) groups is 1. The van der Waals surface area contributed by atoms with Gasteiger partial charge in [0.1, 0.15) is 0 Å². The fraction of sp³-hybridized carbons (Fsp3) is 0. The van der Waals surface area contributed by atoms with Crippen molar-refractivity contribution in [3.63, 3.8) is 0 Å². The molecule has 0 fully saturated rings. The molecular formula is C16H12ClN3O. The summed E-state index contributed by atoms with van der Waals surface area (Å²) in [5.74, 6) is -0.199. The van der Waals surface area contributed by atoms with Crippen molar-refractivity contribution in [3.8, 4) is 5.69 Å². The van der Waals surface area contributed by atoms with E-state index in [1.165, 1.54) is 0 Å². The van der Waals surface area contributed by atoms with Gasteiger partial charge in [0.15, 0.2) is 0 Å². The lowest BCUT2D eigenvalue weighted by Crippen LogP contribution is -2.12. The van der Waals surface area contributed by atoms with E-state index in [1.807, 2.05) is 36.5 Å². The van der Waals surface area contributed by atoms with E-state index in [0.29, 0.717) is 16.3 Å². The van der Waals surface area contributed by atoms with Crippen molar-refractivity contribution in [2.24, 2.45) is 0 Å². The third-order valence-corrected chi connectivity index (χ3v) is 3.35. The van der Waals surface area contributed by atoms with Gasteiger partial charge < -0.3 is 5.32 Å². The Labute approximate surface area is 127 Å². The van der Waals surface area contributed by atoms with E-state index in [4.69, 9.17) is 11.6 Å². The number of hydrogen-bond donors (Lipinski definition) is 1. The van der Waals surface area contributed by atoms with E-state index in [1.54, 1.807) is 35.1 Å². The normalized spacial score (nSPS) is 10.3. The van der Waals surface area contributed by atoms with Crippen LogP contribution in [0.5, 0.6) is 0 Å². The van der Waals surface area contributed by atoms with Gasteiger partial charge in [-0.2, -0.15) is 5.10 Å². The van der Waals surface area contributed by atoms with Gasteiger partial charge in [0, 0.05) is 18.0 Å². The highest BCUT2D eigenvalue weighted by atomic mass is 35.5. The Hall–Kier alpha value is -2.59. The maximum absolute atomic E-state index is 12.2. The standard InChI is InChI=1S/C16H12ClN3O/c17-14-4-1-2-5-15(14)19-16(21)12-6-8-13(9-7-12)20-11-3-10-18-20/h1-11H,(H,19,21). The number of rotatable bonds is 3. The molecule has 1 N–H and O–H groups in total. The molecule has 0 saturated carbocycles. The van der Waals surface area contributed by atoms with Crippen LogP contribution in [0.2, 0.25) is 5.02 Å². The van der Waals surface area contributed by atoms with Gasteiger partial charge in [0.2, 0.25) is 0 Å². The first kappa shape index (κ1) is 13.4. The molecule has 1 heterocycles. The summed E-state index contributed by atoms with van der Waals surface area (Å²) in [5.41, 5.74) is 2.06. The van der Waals surface area contributed by atoms with Crippen molar-refractivity contribution in [1.29, 1.82) is 0 Å². The zero-order valence-corrected chi connectivity index (χ0v) is 11.8. The van der Waals surface area contributed by atoms with Crippen LogP contribution in [0.3, 0.4) is 0 Å². The predicted octanol–water partition coefficient (Wildman–Crippen LogP) is 3.78. The second-order valence-electron chi connectivity index (χ2n) is 4.43. The molecule has 1 amide bonds. The van der Waals surface area contributed by atoms with E-state index in [-0.39, 0.29) is 5.91 Å². The average molecular weight is 298 g/mol. The molecule has 5 heteroatoms.